The lowest BCUT2D eigenvalue weighted by atomic mass is 10.0. The Hall–Kier alpha value is -0.160. The molecule has 1 unspecified atom stereocenters. The van der Waals surface area contributed by atoms with Crippen molar-refractivity contribution in [2.45, 2.75) is 13.0 Å². The molecule has 2 rings (SSSR count). The zero-order valence-corrected chi connectivity index (χ0v) is 12.7. The van der Waals surface area contributed by atoms with Crippen molar-refractivity contribution in [1.82, 2.24) is 0 Å². The highest BCUT2D eigenvalue weighted by Crippen LogP contribution is 2.33. The molecule has 1 aromatic heterocycles. The number of aryl methyl sites for hydroxylation is 1. The lowest BCUT2D eigenvalue weighted by Crippen LogP contribution is -2.12. The van der Waals surface area contributed by atoms with E-state index in [-0.39, 0.29) is 6.04 Å². The van der Waals surface area contributed by atoms with Crippen LogP contribution >= 0.6 is 43.2 Å². The second kappa shape index (κ2) is 5.00. The van der Waals surface area contributed by atoms with E-state index in [0.717, 1.165) is 14.5 Å². The van der Waals surface area contributed by atoms with E-state index in [1.165, 1.54) is 10.4 Å². The zero-order valence-electron chi connectivity index (χ0n) is 8.71. The van der Waals surface area contributed by atoms with Crippen molar-refractivity contribution in [3.8, 4) is 0 Å². The van der Waals surface area contributed by atoms with E-state index in [0.29, 0.717) is 0 Å². The van der Waals surface area contributed by atoms with Crippen LogP contribution in [0.4, 0.5) is 0 Å². The Morgan fingerprint density at radius 1 is 1.25 bits per heavy atom. The van der Waals surface area contributed by atoms with Crippen LogP contribution in [0.15, 0.2) is 38.6 Å². The molecular formula is C12H11Br2NS. The van der Waals surface area contributed by atoms with E-state index < -0.39 is 0 Å². The van der Waals surface area contributed by atoms with Crippen LogP contribution in [-0.4, -0.2) is 0 Å². The average Bonchev–Trinajstić information content (AvgIpc) is 2.67. The Morgan fingerprint density at radius 2 is 2.00 bits per heavy atom. The molecule has 2 N–H and O–H groups in total. The third-order valence-corrected chi connectivity index (χ3v) is 4.79. The van der Waals surface area contributed by atoms with Gasteiger partial charge in [-0.3, -0.25) is 0 Å². The first-order valence-electron chi connectivity index (χ1n) is 4.84. The maximum absolute atomic E-state index is 6.29. The highest BCUT2D eigenvalue weighted by molar-refractivity contribution is 9.11. The second-order valence-corrected chi connectivity index (χ2v) is 6.33. The Labute approximate surface area is 116 Å². The van der Waals surface area contributed by atoms with Gasteiger partial charge in [0.25, 0.3) is 0 Å². The van der Waals surface area contributed by atoms with Crippen molar-refractivity contribution in [3.63, 3.8) is 0 Å². The van der Waals surface area contributed by atoms with Gasteiger partial charge in [0.05, 0.1) is 6.04 Å². The maximum Gasteiger partial charge on any atom is 0.0660 e. The summed E-state index contributed by atoms with van der Waals surface area (Å²) in [4.78, 5) is 1.22. The van der Waals surface area contributed by atoms with Gasteiger partial charge in [-0.2, -0.15) is 0 Å². The standard InChI is InChI=1S/C12H11Br2NS/c1-7-4-5-16-12(7)11(15)9-6-8(13)2-3-10(9)14/h2-6,11H,15H2,1H3. The number of hydrogen-bond donors (Lipinski definition) is 1. The molecule has 0 fully saturated rings. The third kappa shape index (κ3) is 2.40. The van der Waals surface area contributed by atoms with Crippen molar-refractivity contribution in [1.29, 1.82) is 0 Å². The SMILES string of the molecule is Cc1ccsc1C(N)c1cc(Br)ccc1Br. The number of hydrogen-bond acceptors (Lipinski definition) is 2. The molecule has 0 spiro atoms. The van der Waals surface area contributed by atoms with Gasteiger partial charge < -0.3 is 5.73 Å². The Bertz CT molecular complexity index is 507. The first-order chi connectivity index (χ1) is 7.59. The minimum atomic E-state index is -0.0631. The van der Waals surface area contributed by atoms with Gasteiger partial charge >= 0.3 is 0 Å². The molecule has 4 heteroatoms. The Balaban J connectivity index is 2.45. The lowest BCUT2D eigenvalue weighted by Gasteiger charge is -2.14. The molecule has 0 aliphatic carbocycles. The number of benzene rings is 1. The van der Waals surface area contributed by atoms with E-state index in [4.69, 9.17) is 5.73 Å². The van der Waals surface area contributed by atoms with Gasteiger partial charge in [0, 0.05) is 13.8 Å². The summed E-state index contributed by atoms with van der Waals surface area (Å²) >= 11 is 8.72. The Morgan fingerprint density at radius 3 is 2.62 bits per heavy atom. The number of rotatable bonds is 2. The molecule has 1 heterocycles. The van der Waals surface area contributed by atoms with Gasteiger partial charge in [-0.1, -0.05) is 31.9 Å². The van der Waals surface area contributed by atoms with Crippen molar-refractivity contribution >= 4 is 43.2 Å². The Kier molecular flexibility index (Phi) is 3.85. The maximum atomic E-state index is 6.29. The van der Waals surface area contributed by atoms with E-state index in [1.54, 1.807) is 11.3 Å². The fraction of sp³-hybridized carbons (Fsp3) is 0.167. The number of nitrogens with two attached hydrogens (primary N) is 1. The summed E-state index contributed by atoms with van der Waals surface area (Å²) in [5.41, 5.74) is 8.66. The van der Waals surface area contributed by atoms with Crippen LogP contribution in [0, 0.1) is 6.92 Å². The molecule has 0 radical (unpaired) electrons. The molecule has 1 nitrogen and oxygen atoms in total. The molecule has 1 aromatic carbocycles. The molecule has 0 amide bonds. The molecule has 0 aliphatic heterocycles. The molecule has 16 heavy (non-hydrogen) atoms. The fourth-order valence-corrected chi connectivity index (χ4v) is 3.42. The van der Waals surface area contributed by atoms with Gasteiger partial charge in [0.1, 0.15) is 0 Å². The fourth-order valence-electron chi connectivity index (χ4n) is 1.60. The monoisotopic (exact) mass is 359 g/mol. The summed E-state index contributed by atoms with van der Waals surface area (Å²) in [7, 11) is 0. The van der Waals surface area contributed by atoms with Gasteiger partial charge in [-0.25, -0.2) is 0 Å². The molecule has 2 aromatic rings. The minimum absolute atomic E-state index is 0.0631. The van der Waals surface area contributed by atoms with E-state index >= 15 is 0 Å². The van der Waals surface area contributed by atoms with E-state index in [2.05, 4.69) is 56.3 Å². The first-order valence-corrected chi connectivity index (χ1v) is 7.30. The third-order valence-electron chi connectivity index (χ3n) is 2.48. The average molecular weight is 361 g/mol. The molecule has 1 atom stereocenters. The van der Waals surface area contributed by atoms with Crippen molar-refractivity contribution in [3.05, 3.63) is 54.6 Å². The summed E-state index contributed by atoms with van der Waals surface area (Å²) in [6, 6.07) is 8.12. The van der Waals surface area contributed by atoms with Crippen LogP contribution < -0.4 is 5.73 Å². The summed E-state index contributed by atoms with van der Waals surface area (Å²) in [6.45, 7) is 2.09. The summed E-state index contributed by atoms with van der Waals surface area (Å²) in [5.74, 6) is 0. The molecule has 0 saturated heterocycles. The smallest absolute Gasteiger partial charge is 0.0660 e. The normalized spacial score (nSPS) is 12.8. The van der Waals surface area contributed by atoms with Crippen LogP contribution in [0.2, 0.25) is 0 Å². The van der Waals surface area contributed by atoms with Gasteiger partial charge in [0.2, 0.25) is 0 Å². The largest absolute Gasteiger partial charge is 0.320 e. The summed E-state index contributed by atoms with van der Waals surface area (Å²) in [5, 5.41) is 2.08. The highest BCUT2D eigenvalue weighted by atomic mass is 79.9. The predicted octanol–water partition coefficient (Wildman–Crippen LogP) is 4.63. The van der Waals surface area contributed by atoms with Gasteiger partial charge in [-0.05, 0) is 47.7 Å². The molecule has 0 aliphatic rings. The minimum Gasteiger partial charge on any atom is -0.320 e. The van der Waals surface area contributed by atoms with Crippen molar-refractivity contribution < 1.29 is 0 Å². The molecular weight excluding hydrogens is 350 g/mol. The molecule has 84 valence electrons. The van der Waals surface area contributed by atoms with Crippen molar-refractivity contribution in [2.75, 3.05) is 0 Å². The highest BCUT2D eigenvalue weighted by Gasteiger charge is 2.15. The van der Waals surface area contributed by atoms with Crippen LogP contribution in [0.25, 0.3) is 0 Å². The topological polar surface area (TPSA) is 26.0 Å². The van der Waals surface area contributed by atoms with E-state index in [9.17, 15) is 0 Å². The predicted molar refractivity (Wildman–Crippen MR) is 76.9 cm³/mol. The van der Waals surface area contributed by atoms with Crippen LogP contribution in [0.1, 0.15) is 22.0 Å². The first kappa shape index (κ1) is 12.3. The molecule has 0 saturated carbocycles. The lowest BCUT2D eigenvalue weighted by molar-refractivity contribution is 0.878. The van der Waals surface area contributed by atoms with Crippen molar-refractivity contribution in [2.24, 2.45) is 5.73 Å². The van der Waals surface area contributed by atoms with Crippen LogP contribution in [0.5, 0.6) is 0 Å². The zero-order chi connectivity index (χ0) is 11.7. The van der Waals surface area contributed by atoms with Gasteiger partial charge in [0.15, 0.2) is 0 Å². The van der Waals surface area contributed by atoms with Gasteiger partial charge in [-0.15, -0.1) is 11.3 Å². The number of halogens is 2. The molecule has 0 bridgehead atoms. The van der Waals surface area contributed by atoms with E-state index in [1.807, 2.05) is 12.1 Å². The number of thiophene rings is 1. The summed E-state index contributed by atoms with van der Waals surface area (Å²) < 4.78 is 2.10. The van der Waals surface area contributed by atoms with Crippen LogP contribution in [0.3, 0.4) is 0 Å². The quantitative estimate of drug-likeness (QED) is 0.830. The second-order valence-electron chi connectivity index (χ2n) is 3.61. The summed E-state index contributed by atoms with van der Waals surface area (Å²) in [6.07, 6.45) is 0. The van der Waals surface area contributed by atoms with Crippen LogP contribution in [-0.2, 0) is 0 Å².